The second-order valence-corrected chi connectivity index (χ2v) is 8.25. The highest BCUT2D eigenvalue weighted by molar-refractivity contribution is 14.1. The molecule has 1 amide bonds. The summed E-state index contributed by atoms with van der Waals surface area (Å²) < 4.78 is 6.36. The number of nitrogens with zero attached hydrogens (tertiary/aromatic N) is 3. The predicted octanol–water partition coefficient (Wildman–Crippen LogP) is 4.88. The summed E-state index contributed by atoms with van der Waals surface area (Å²) >= 11 is 3.70. The highest BCUT2D eigenvalue weighted by atomic mass is 127. The van der Waals surface area contributed by atoms with Gasteiger partial charge in [-0.2, -0.15) is 4.98 Å². The number of nitrogens with one attached hydrogen (secondary N) is 1. The van der Waals surface area contributed by atoms with E-state index in [1.807, 2.05) is 43.5 Å². The molecule has 0 saturated carbocycles. The van der Waals surface area contributed by atoms with E-state index in [0.29, 0.717) is 36.1 Å². The summed E-state index contributed by atoms with van der Waals surface area (Å²) in [6, 6.07) is 8.13. The second-order valence-electron chi connectivity index (χ2n) is 6.15. The zero-order chi connectivity index (χ0) is 18.5. The van der Waals surface area contributed by atoms with E-state index < -0.39 is 0 Å². The minimum Gasteiger partial charge on any atom is -0.339 e. The minimum absolute atomic E-state index is 0.0582. The SMILES string of the molecule is CC(C)c1noc(CCCC(=O)Nc2nc(-c3ccc(I)cc3)cs2)n1. The van der Waals surface area contributed by atoms with Crippen LogP contribution in [0.5, 0.6) is 0 Å². The molecule has 0 bridgehead atoms. The molecule has 0 aliphatic carbocycles. The van der Waals surface area contributed by atoms with Gasteiger partial charge in [0.05, 0.1) is 5.69 Å². The van der Waals surface area contributed by atoms with Crippen molar-refractivity contribution < 1.29 is 9.32 Å². The Labute approximate surface area is 169 Å². The van der Waals surface area contributed by atoms with Gasteiger partial charge in [0.1, 0.15) is 0 Å². The quantitative estimate of drug-likeness (QED) is 0.486. The van der Waals surface area contributed by atoms with Crippen molar-refractivity contribution in [1.29, 1.82) is 0 Å². The number of halogens is 1. The molecule has 2 heterocycles. The average molecular weight is 482 g/mol. The lowest BCUT2D eigenvalue weighted by Gasteiger charge is -2.00. The Hall–Kier alpha value is -1.81. The van der Waals surface area contributed by atoms with Crippen molar-refractivity contribution in [2.24, 2.45) is 0 Å². The first-order chi connectivity index (χ1) is 12.5. The summed E-state index contributed by atoms with van der Waals surface area (Å²) in [6.07, 6.45) is 1.64. The average Bonchev–Trinajstić information content (AvgIpc) is 3.25. The molecule has 3 rings (SSSR count). The number of carbonyl (C=O) groups is 1. The van der Waals surface area contributed by atoms with Crippen molar-refractivity contribution in [1.82, 2.24) is 15.1 Å². The fourth-order valence-corrected chi connectivity index (χ4v) is 3.37. The molecule has 26 heavy (non-hydrogen) atoms. The molecule has 1 aromatic carbocycles. The van der Waals surface area contributed by atoms with E-state index in [2.05, 4.69) is 43.0 Å². The number of aryl methyl sites for hydroxylation is 1. The molecular formula is C18H19IN4O2S. The van der Waals surface area contributed by atoms with Crippen LogP contribution in [-0.4, -0.2) is 21.0 Å². The number of amides is 1. The molecule has 0 radical (unpaired) electrons. The minimum atomic E-state index is -0.0582. The molecule has 0 atom stereocenters. The van der Waals surface area contributed by atoms with E-state index in [9.17, 15) is 4.79 Å². The molecule has 0 unspecified atom stereocenters. The third kappa shape index (κ3) is 5.10. The Balaban J connectivity index is 1.48. The van der Waals surface area contributed by atoms with Crippen molar-refractivity contribution in [2.75, 3.05) is 5.32 Å². The van der Waals surface area contributed by atoms with Gasteiger partial charge in [-0.3, -0.25) is 4.79 Å². The largest absolute Gasteiger partial charge is 0.339 e. The molecule has 6 nitrogen and oxygen atoms in total. The topological polar surface area (TPSA) is 80.9 Å². The summed E-state index contributed by atoms with van der Waals surface area (Å²) in [5.74, 6) is 1.46. The van der Waals surface area contributed by atoms with Crippen molar-refractivity contribution in [3.63, 3.8) is 0 Å². The van der Waals surface area contributed by atoms with Gasteiger partial charge < -0.3 is 9.84 Å². The first-order valence-corrected chi connectivity index (χ1v) is 10.3. The Bertz CT molecular complexity index is 873. The third-order valence-corrected chi connectivity index (χ3v) is 5.16. The van der Waals surface area contributed by atoms with Crippen LogP contribution in [0.1, 0.15) is 44.3 Å². The van der Waals surface area contributed by atoms with Gasteiger partial charge >= 0.3 is 0 Å². The van der Waals surface area contributed by atoms with Crippen LogP contribution in [-0.2, 0) is 11.2 Å². The molecule has 1 N–H and O–H groups in total. The van der Waals surface area contributed by atoms with Crippen LogP contribution in [0.15, 0.2) is 34.2 Å². The van der Waals surface area contributed by atoms with Crippen molar-refractivity contribution in [3.05, 3.63) is 44.9 Å². The summed E-state index contributed by atoms with van der Waals surface area (Å²) in [6.45, 7) is 4.03. The number of anilines is 1. The van der Waals surface area contributed by atoms with Crippen LogP contribution in [0, 0.1) is 3.57 Å². The van der Waals surface area contributed by atoms with Crippen molar-refractivity contribution in [3.8, 4) is 11.3 Å². The van der Waals surface area contributed by atoms with Gasteiger partial charge in [0.15, 0.2) is 11.0 Å². The summed E-state index contributed by atoms with van der Waals surface area (Å²) in [5, 5.41) is 9.34. The molecule has 8 heteroatoms. The number of benzene rings is 1. The molecular weight excluding hydrogens is 463 g/mol. The van der Waals surface area contributed by atoms with Gasteiger partial charge in [0.2, 0.25) is 11.8 Å². The molecule has 136 valence electrons. The van der Waals surface area contributed by atoms with Gasteiger partial charge in [0, 0.05) is 33.3 Å². The molecule has 0 aliphatic rings. The maximum absolute atomic E-state index is 12.1. The van der Waals surface area contributed by atoms with Gasteiger partial charge in [-0.05, 0) is 41.1 Å². The first-order valence-electron chi connectivity index (χ1n) is 8.35. The number of hydrogen-bond donors (Lipinski definition) is 1. The van der Waals surface area contributed by atoms with E-state index >= 15 is 0 Å². The van der Waals surface area contributed by atoms with Crippen LogP contribution < -0.4 is 5.32 Å². The zero-order valence-corrected chi connectivity index (χ0v) is 17.5. The molecule has 0 aliphatic heterocycles. The predicted molar refractivity (Wildman–Crippen MR) is 110 cm³/mol. The Morgan fingerprint density at radius 3 is 2.73 bits per heavy atom. The number of hydrogen-bond acceptors (Lipinski definition) is 6. The molecule has 3 aromatic rings. The van der Waals surface area contributed by atoms with Crippen molar-refractivity contribution in [2.45, 2.75) is 39.0 Å². The smallest absolute Gasteiger partial charge is 0.226 e. The highest BCUT2D eigenvalue weighted by Gasteiger charge is 2.11. The standard InChI is InChI=1S/C18H19IN4O2S/c1-11(2)17-22-16(25-23-17)5-3-4-15(24)21-18-20-14(10-26-18)12-6-8-13(19)9-7-12/h6-11H,3-5H2,1-2H3,(H,20,21,24). The third-order valence-electron chi connectivity index (χ3n) is 3.69. The summed E-state index contributed by atoms with van der Waals surface area (Å²) in [4.78, 5) is 20.9. The number of aromatic nitrogens is 3. The van der Waals surface area contributed by atoms with E-state index in [4.69, 9.17) is 4.52 Å². The fraction of sp³-hybridized carbons (Fsp3) is 0.333. The van der Waals surface area contributed by atoms with Gasteiger partial charge in [-0.25, -0.2) is 4.98 Å². The summed E-state index contributed by atoms with van der Waals surface area (Å²) in [7, 11) is 0. The Kier molecular flexibility index (Phi) is 6.36. The summed E-state index contributed by atoms with van der Waals surface area (Å²) in [5.41, 5.74) is 1.91. The lowest BCUT2D eigenvalue weighted by atomic mass is 10.2. The van der Waals surface area contributed by atoms with Crippen LogP contribution in [0.25, 0.3) is 11.3 Å². The number of rotatable bonds is 7. The molecule has 0 saturated heterocycles. The zero-order valence-electron chi connectivity index (χ0n) is 14.5. The number of carbonyl (C=O) groups excluding carboxylic acids is 1. The van der Waals surface area contributed by atoms with E-state index in [-0.39, 0.29) is 11.8 Å². The Morgan fingerprint density at radius 1 is 1.27 bits per heavy atom. The van der Waals surface area contributed by atoms with Gasteiger partial charge in [0.25, 0.3) is 0 Å². The fourth-order valence-electron chi connectivity index (χ4n) is 2.27. The lowest BCUT2D eigenvalue weighted by molar-refractivity contribution is -0.116. The number of thiazole rings is 1. The molecule has 0 spiro atoms. The maximum Gasteiger partial charge on any atom is 0.226 e. The second kappa shape index (κ2) is 8.72. The van der Waals surface area contributed by atoms with Crippen LogP contribution in [0.2, 0.25) is 0 Å². The normalized spacial score (nSPS) is 11.1. The van der Waals surface area contributed by atoms with Crippen LogP contribution in [0.3, 0.4) is 0 Å². The van der Waals surface area contributed by atoms with Gasteiger partial charge in [-0.1, -0.05) is 31.1 Å². The lowest BCUT2D eigenvalue weighted by Crippen LogP contribution is -2.11. The van der Waals surface area contributed by atoms with E-state index in [1.54, 1.807) is 0 Å². The monoisotopic (exact) mass is 482 g/mol. The van der Waals surface area contributed by atoms with Crippen LogP contribution >= 0.6 is 33.9 Å². The first kappa shape index (κ1) is 19.0. The van der Waals surface area contributed by atoms with E-state index in [1.165, 1.54) is 14.9 Å². The van der Waals surface area contributed by atoms with Crippen LogP contribution in [0.4, 0.5) is 5.13 Å². The Morgan fingerprint density at radius 2 is 2.04 bits per heavy atom. The maximum atomic E-state index is 12.1. The molecule has 2 aromatic heterocycles. The van der Waals surface area contributed by atoms with Crippen molar-refractivity contribution >= 4 is 45.0 Å². The van der Waals surface area contributed by atoms with E-state index in [0.717, 1.165) is 11.3 Å². The highest BCUT2D eigenvalue weighted by Crippen LogP contribution is 2.25. The van der Waals surface area contributed by atoms with Gasteiger partial charge in [-0.15, -0.1) is 11.3 Å². The molecule has 0 fully saturated rings.